The number of fused-ring (bicyclic) bond motifs is 1. The Morgan fingerprint density at radius 3 is 2.83 bits per heavy atom. The summed E-state index contributed by atoms with van der Waals surface area (Å²) < 4.78 is 16.3. The Labute approximate surface area is 138 Å². The SMILES string of the molecule is CCC(C)N(Cc1ccc2c(c1)OCO2)C1=CCC(OC)C=C1. The van der Waals surface area contributed by atoms with Crippen molar-refractivity contribution in [1.82, 2.24) is 4.90 Å². The van der Waals surface area contributed by atoms with Gasteiger partial charge >= 0.3 is 0 Å². The van der Waals surface area contributed by atoms with E-state index in [1.165, 1.54) is 11.3 Å². The number of benzene rings is 1. The highest BCUT2D eigenvalue weighted by Crippen LogP contribution is 2.33. The highest BCUT2D eigenvalue weighted by molar-refractivity contribution is 5.44. The Bertz CT molecular complexity index is 609. The fraction of sp³-hybridized carbons (Fsp3) is 0.474. The average molecular weight is 315 g/mol. The maximum Gasteiger partial charge on any atom is 0.231 e. The molecule has 2 aliphatic rings. The molecule has 0 fully saturated rings. The highest BCUT2D eigenvalue weighted by atomic mass is 16.7. The van der Waals surface area contributed by atoms with Crippen LogP contribution in [0.25, 0.3) is 0 Å². The van der Waals surface area contributed by atoms with Crippen LogP contribution >= 0.6 is 0 Å². The second-order valence-corrected chi connectivity index (χ2v) is 6.07. The summed E-state index contributed by atoms with van der Waals surface area (Å²) >= 11 is 0. The van der Waals surface area contributed by atoms with Gasteiger partial charge in [0.2, 0.25) is 6.79 Å². The molecule has 4 heteroatoms. The van der Waals surface area contributed by atoms with E-state index in [4.69, 9.17) is 14.2 Å². The van der Waals surface area contributed by atoms with Crippen LogP contribution in [0.5, 0.6) is 11.5 Å². The summed E-state index contributed by atoms with van der Waals surface area (Å²) in [5.41, 5.74) is 2.50. The molecule has 0 N–H and O–H groups in total. The van der Waals surface area contributed by atoms with E-state index in [0.717, 1.165) is 30.9 Å². The van der Waals surface area contributed by atoms with Crippen LogP contribution in [-0.4, -0.2) is 30.9 Å². The lowest BCUT2D eigenvalue weighted by atomic mass is 10.0. The van der Waals surface area contributed by atoms with Gasteiger partial charge in [-0.25, -0.2) is 0 Å². The summed E-state index contributed by atoms with van der Waals surface area (Å²) in [4.78, 5) is 2.44. The molecule has 1 aromatic carbocycles. The van der Waals surface area contributed by atoms with Crippen molar-refractivity contribution >= 4 is 0 Å². The van der Waals surface area contributed by atoms with Crippen LogP contribution in [-0.2, 0) is 11.3 Å². The van der Waals surface area contributed by atoms with E-state index in [1.807, 2.05) is 6.07 Å². The smallest absolute Gasteiger partial charge is 0.231 e. The van der Waals surface area contributed by atoms with Crippen LogP contribution in [0.4, 0.5) is 0 Å². The van der Waals surface area contributed by atoms with Crippen LogP contribution in [0.3, 0.4) is 0 Å². The molecule has 0 saturated heterocycles. The lowest BCUT2D eigenvalue weighted by Gasteiger charge is -2.33. The summed E-state index contributed by atoms with van der Waals surface area (Å²) in [7, 11) is 1.76. The number of allylic oxidation sites excluding steroid dienone is 1. The van der Waals surface area contributed by atoms with Crippen LogP contribution < -0.4 is 9.47 Å². The van der Waals surface area contributed by atoms with E-state index in [-0.39, 0.29) is 6.10 Å². The van der Waals surface area contributed by atoms with Gasteiger partial charge < -0.3 is 19.1 Å². The first kappa shape index (κ1) is 15.9. The molecule has 124 valence electrons. The van der Waals surface area contributed by atoms with E-state index < -0.39 is 0 Å². The molecule has 1 aliphatic heterocycles. The third kappa shape index (κ3) is 3.53. The quantitative estimate of drug-likeness (QED) is 0.797. The van der Waals surface area contributed by atoms with Gasteiger partial charge in [-0.3, -0.25) is 0 Å². The number of ether oxygens (including phenoxy) is 3. The molecule has 1 aliphatic carbocycles. The zero-order chi connectivity index (χ0) is 16.2. The van der Waals surface area contributed by atoms with Crippen molar-refractivity contribution in [2.24, 2.45) is 0 Å². The molecule has 0 saturated carbocycles. The van der Waals surface area contributed by atoms with Crippen molar-refractivity contribution < 1.29 is 14.2 Å². The normalized spacial score (nSPS) is 20.3. The fourth-order valence-corrected chi connectivity index (χ4v) is 2.94. The van der Waals surface area contributed by atoms with Gasteiger partial charge in [-0.1, -0.05) is 25.1 Å². The van der Waals surface area contributed by atoms with Crippen molar-refractivity contribution in [3.63, 3.8) is 0 Å². The number of hydrogen-bond acceptors (Lipinski definition) is 4. The first-order valence-electron chi connectivity index (χ1n) is 8.27. The van der Waals surface area contributed by atoms with E-state index in [9.17, 15) is 0 Å². The molecule has 0 amide bonds. The Morgan fingerprint density at radius 1 is 1.30 bits per heavy atom. The number of nitrogens with zero attached hydrogens (tertiary/aromatic N) is 1. The number of hydrogen-bond donors (Lipinski definition) is 0. The summed E-state index contributed by atoms with van der Waals surface area (Å²) in [6.07, 6.45) is 8.82. The molecular weight excluding hydrogens is 290 g/mol. The third-order valence-corrected chi connectivity index (χ3v) is 4.59. The first-order chi connectivity index (χ1) is 11.2. The molecular formula is C19H25NO3. The molecule has 1 aromatic rings. The summed E-state index contributed by atoms with van der Waals surface area (Å²) in [6, 6.07) is 6.67. The van der Waals surface area contributed by atoms with Crippen LogP contribution in [0.2, 0.25) is 0 Å². The molecule has 2 atom stereocenters. The summed E-state index contributed by atoms with van der Waals surface area (Å²) in [5.74, 6) is 1.68. The predicted octanol–water partition coefficient (Wildman–Crippen LogP) is 3.87. The number of rotatable bonds is 6. The van der Waals surface area contributed by atoms with Gasteiger partial charge in [-0.15, -0.1) is 0 Å². The molecule has 0 bridgehead atoms. The zero-order valence-electron chi connectivity index (χ0n) is 14.1. The fourth-order valence-electron chi connectivity index (χ4n) is 2.94. The molecule has 3 rings (SSSR count). The van der Waals surface area contributed by atoms with Gasteiger partial charge in [0, 0.05) is 25.4 Å². The van der Waals surface area contributed by atoms with Gasteiger partial charge in [0.25, 0.3) is 0 Å². The Hall–Kier alpha value is -1.94. The van der Waals surface area contributed by atoms with Gasteiger partial charge in [0.15, 0.2) is 11.5 Å². The molecule has 4 nitrogen and oxygen atoms in total. The lowest BCUT2D eigenvalue weighted by molar-refractivity contribution is 0.140. The van der Waals surface area contributed by atoms with Crippen molar-refractivity contribution in [2.75, 3.05) is 13.9 Å². The van der Waals surface area contributed by atoms with Crippen molar-refractivity contribution in [3.8, 4) is 11.5 Å². The van der Waals surface area contributed by atoms with E-state index >= 15 is 0 Å². The van der Waals surface area contributed by atoms with E-state index in [0.29, 0.717) is 12.8 Å². The Balaban J connectivity index is 1.78. The second kappa shape index (κ2) is 7.09. The van der Waals surface area contributed by atoms with Gasteiger partial charge in [0.05, 0.1) is 6.10 Å². The first-order valence-corrected chi connectivity index (χ1v) is 8.27. The van der Waals surface area contributed by atoms with Crippen LogP contribution in [0.15, 0.2) is 42.1 Å². The Morgan fingerprint density at radius 2 is 2.13 bits per heavy atom. The Kier molecular flexibility index (Phi) is 4.91. The largest absolute Gasteiger partial charge is 0.454 e. The minimum absolute atomic E-state index is 0.197. The van der Waals surface area contributed by atoms with Crippen LogP contribution in [0.1, 0.15) is 32.3 Å². The predicted molar refractivity (Wildman–Crippen MR) is 90.5 cm³/mol. The molecule has 0 aromatic heterocycles. The molecule has 1 heterocycles. The summed E-state index contributed by atoms with van der Waals surface area (Å²) in [6.45, 7) is 5.67. The molecule has 0 radical (unpaired) electrons. The highest BCUT2D eigenvalue weighted by Gasteiger charge is 2.19. The van der Waals surface area contributed by atoms with Crippen molar-refractivity contribution in [1.29, 1.82) is 0 Å². The molecule has 2 unspecified atom stereocenters. The van der Waals surface area contributed by atoms with Gasteiger partial charge in [0.1, 0.15) is 0 Å². The topological polar surface area (TPSA) is 30.9 Å². The minimum atomic E-state index is 0.197. The van der Waals surface area contributed by atoms with E-state index in [2.05, 4.69) is 49.1 Å². The van der Waals surface area contributed by atoms with E-state index in [1.54, 1.807) is 7.11 Å². The average Bonchev–Trinajstić information content (AvgIpc) is 3.07. The molecule has 0 spiro atoms. The minimum Gasteiger partial charge on any atom is -0.454 e. The lowest BCUT2D eigenvalue weighted by Crippen LogP contribution is -2.32. The van der Waals surface area contributed by atoms with Gasteiger partial charge in [-0.2, -0.15) is 0 Å². The maximum absolute atomic E-state index is 5.50. The van der Waals surface area contributed by atoms with Crippen molar-refractivity contribution in [2.45, 2.75) is 45.4 Å². The van der Waals surface area contributed by atoms with Gasteiger partial charge in [-0.05, 0) is 43.5 Å². The van der Waals surface area contributed by atoms with Crippen LogP contribution in [0, 0.1) is 0 Å². The molecule has 23 heavy (non-hydrogen) atoms. The second-order valence-electron chi connectivity index (χ2n) is 6.07. The standard InChI is InChI=1S/C19H25NO3/c1-4-14(2)20(16-6-8-17(21-3)9-7-16)12-15-5-10-18-19(11-15)23-13-22-18/h5-8,10-11,14,17H,4,9,12-13H2,1-3H3. The van der Waals surface area contributed by atoms with Crippen molar-refractivity contribution in [3.05, 3.63) is 47.7 Å². The number of methoxy groups -OCH3 is 1. The summed E-state index contributed by atoms with van der Waals surface area (Å²) in [5, 5.41) is 0. The zero-order valence-corrected chi connectivity index (χ0v) is 14.1. The third-order valence-electron chi connectivity index (χ3n) is 4.59. The monoisotopic (exact) mass is 315 g/mol. The maximum atomic E-state index is 5.50.